The fourth-order valence-electron chi connectivity index (χ4n) is 3.17. The molecule has 1 aromatic heterocycles. The van der Waals surface area contributed by atoms with Crippen molar-refractivity contribution in [2.24, 2.45) is 0 Å². The molecule has 0 aliphatic carbocycles. The third-order valence-electron chi connectivity index (χ3n) is 4.25. The van der Waals surface area contributed by atoms with Crippen LogP contribution in [0, 0.1) is 0 Å². The molecule has 0 spiro atoms. The minimum absolute atomic E-state index is 0.574. The van der Waals surface area contributed by atoms with E-state index >= 15 is 0 Å². The Hall–Kier alpha value is -2.01. The van der Waals surface area contributed by atoms with Crippen molar-refractivity contribution in [2.75, 3.05) is 26.3 Å². The van der Waals surface area contributed by atoms with Crippen molar-refractivity contribution in [1.82, 2.24) is 15.1 Å². The number of nitrogens with zero attached hydrogens (tertiary/aromatic N) is 2. The summed E-state index contributed by atoms with van der Waals surface area (Å²) in [5.41, 5.74) is 2.53. The number of H-pyrrole nitrogens is 1. The van der Waals surface area contributed by atoms with E-state index in [1.807, 2.05) is 12.3 Å². The molecular weight excluding hydrogens is 266 g/mol. The van der Waals surface area contributed by atoms with Gasteiger partial charge in [-0.05, 0) is 36.7 Å². The van der Waals surface area contributed by atoms with Crippen molar-refractivity contribution in [3.05, 3.63) is 41.7 Å². The van der Waals surface area contributed by atoms with Gasteiger partial charge in [0.1, 0.15) is 13.2 Å². The van der Waals surface area contributed by atoms with Gasteiger partial charge in [-0.15, -0.1) is 0 Å². The number of aromatic nitrogens is 2. The van der Waals surface area contributed by atoms with E-state index in [1.165, 1.54) is 17.7 Å². The molecule has 5 nitrogen and oxygen atoms in total. The van der Waals surface area contributed by atoms with Crippen LogP contribution >= 0.6 is 0 Å². The Morgan fingerprint density at radius 1 is 1.19 bits per heavy atom. The molecule has 1 unspecified atom stereocenters. The third kappa shape index (κ3) is 2.61. The molecule has 1 atom stereocenters. The summed E-state index contributed by atoms with van der Waals surface area (Å²) in [7, 11) is 0. The van der Waals surface area contributed by atoms with Crippen molar-refractivity contribution in [3.8, 4) is 11.5 Å². The van der Waals surface area contributed by atoms with Crippen LogP contribution in [0.25, 0.3) is 0 Å². The molecule has 0 saturated carbocycles. The molecule has 5 heteroatoms. The molecule has 21 heavy (non-hydrogen) atoms. The first kappa shape index (κ1) is 12.7. The van der Waals surface area contributed by atoms with Gasteiger partial charge in [0, 0.05) is 30.9 Å². The van der Waals surface area contributed by atoms with Crippen molar-refractivity contribution < 1.29 is 9.47 Å². The van der Waals surface area contributed by atoms with Crippen molar-refractivity contribution in [2.45, 2.75) is 18.9 Å². The van der Waals surface area contributed by atoms with E-state index in [2.05, 4.69) is 33.3 Å². The molecule has 1 aromatic carbocycles. The Kier molecular flexibility index (Phi) is 3.27. The summed E-state index contributed by atoms with van der Waals surface area (Å²) >= 11 is 0. The van der Waals surface area contributed by atoms with E-state index in [0.717, 1.165) is 31.1 Å². The van der Waals surface area contributed by atoms with Crippen LogP contribution in [0.5, 0.6) is 11.5 Å². The Labute approximate surface area is 123 Å². The summed E-state index contributed by atoms with van der Waals surface area (Å²) in [6.45, 7) is 4.45. The fourth-order valence-corrected chi connectivity index (χ4v) is 3.17. The standard InChI is InChI=1S/C16H19N3O2/c1-2-15-16(21-8-7-20-15)9-12(1)10-19-6-4-13(11-19)14-3-5-17-18-14/h1-3,5,9,13H,4,6-8,10-11H2,(H,17,18). The lowest BCUT2D eigenvalue weighted by Crippen LogP contribution is -2.20. The SMILES string of the molecule is c1cc(C2CCN(Cc3ccc4c(c3)OCCO4)C2)[nH]n1. The molecule has 4 rings (SSSR count). The number of ether oxygens (including phenoxy) is 2. The average Bonchev–Trinajstić information content (AvgIpc) is 3.18. The zero-order valence-electron chi connectivity index (χ0n) is 11.9. The lowest BCUT2D eigenvalue weighted by Gasteiger charge is -2.20. The van der Waals surface area contributed by atoms with Crippen molar-refractivity contribution >= 4 is 0 Å². The maximum Gasteiger partial charge on any atom is 0.161 e. The van der Waals surface area contributed by atoms with Gasteiger partial charge < -0.3 is 9.47 Å². The highest BCUT2D eigenvalue weighted by atomic mass is 16.6. The van der Waals surface area contributed by atoms with E-state index in [9.17, 15) is 0 Å². The topological polar surface area (TPSA) is 50.4 Å². The predicted octanol–water partition coefficient (Wildman–Crippen LogP) is 2.17. The molecule has 110 valence electrons. The minimum atomic E-state index is 0.574. The first-order valence-electron chi connectivity index (χ1n) is 7.48. The van der Waals surface area contributed by atoms with Gasteiger partial charge in [-0.2, -0.15) is 5.10 Å². The molecule has 2 aromatic rings. The first-order chi connectivity index (χ1) is 10.4. The highest BCUT2D eigenvalue weighted by Crippen LogP contribution is 2.32. The second-order valence-electron chi connectivity index (χ2n) is 5.71. The summed E-state index contributed by atoms with van der Waals surface area (Å²) in [6.07, 6.45) is 3.02. The van der Waals surface area contributed by atoms with Crippen molar-refractivity contribution in [3.63, 3.8) is 0 Å². The van der Waals surface area contributed by atoms with Crippen LogP contribution in [-0.2, 0) is 6.54 Å². The number of fused-ring (bicyclic) bond motifs is 1. The van der Waals surface area contributed by atoms with Gasteiger partial charge in [0.25, 0.3) is 0 Å². The Morgan fingerprint density at radius 2 is 2.10 bits per heavy atom. The zero-order valence-corrected chi connectivity index (χ0v) is 11.9. The average molecular weight is 285 g/mol. The number of likely N-dealkylation sites (tertiary alicyclic amines) is 1. The van der Waals surface area contributed by atoms with Crippen LogP contribution in [0.2, 0.25) is 0 Å². The molecule has 1 fully saturated rings. The summed E-state index contributed by atoms with van der Waals surface area (Å²) in [4.78, 5) is 2.48. The van der Waals surface area contributed by atoms with Crippen LogP contribution in [0.3, 0.4) is 0 Å². The van der Waals surface area contributed by atoms with Gasteiger partial charge in [0.2, 0.25) is 0 Å². The molecule has 2 aliphatic rings. The van der Waals surface area contributed by atoms with Crippen molar-refractivity contribution in [1.29, 1.82) is 0 Å². The number of rotatable bonds is 3. The highest BCUT2D eigenvalue weighted by Gasteiger charge is 2.25. The summed E-state index contributed by atoms with van der Waals surface area (Å²) in [5.74, 6) is 2.31. The largest absolute Gasteiger partial charge is 0.486 e. The number of hydrogen-bond acceptors (Lipinski definition) is 4. The van der Waals surface area contributed by atoms with Gasteiger partial charge in [-0.25, -0.2) is 0 Å². The Balaban J connectivity index is 1.42. The smallest absolute Gasteiger partial charge is 0.161 e. The fraction of sp³-hybridized carbons (Fsp3) is 0.438. The van der Waals surface area contributed by atoms with E-state index in [0.29, 0.717) is 19.1 Å². The normalized spacial score (nSPS) is 21.6. The van der Waals surface area contributed by atoms with Gasteiger partial charge in [-0.1, -0.05) is 6.07 Å². The van der Waals surface area contributed by atoms with Gasteiger partial charge in [0.15, 0.2) is 11.5 Å². The molecule has 2 aliphatic heterocycles. The van der Waals surface area contributed by atoms with E-state index in [4.69, 9.17) is 9.47 Å². The molecular formula is C16H19N3O2. The number of nitrogens with one attached hydrogen (secondary N) is 1. The predicted molar refractivity (Wildman–Crippen MR) is 78.7 cm³/mol. The summed E-state index contributed by atoms with van der Waals surface area (Å²) in [5, 5.41) is 7.14. The molecule has 1 N–H and O–H groups in total. The summed E-state index contributed by atoms with van der Waals surface area (Å²) < 4.78 is 11.2. The quantitative estimate of drug-likeness (QED) is 0.939. The molecule has 0 amide bonds. The van der Waals surface area contributed by atoms with Gasteiger partial charge in [0.05, 0.1) is 0 Å². The lowest BCUT2D eigenvalue weighted by molar-refractivity contribution is 0.171. The number of aromatic amines is 1. The molecule has 1 saturated heterocycles. The minimum Gasteiger partial charge on any atom is -0.486 e. The third-order valence-corrected chi connectivity index (χ3v) is 4.25. The van der Waals surface area contributed by atoms with Crippen LogP contribution < -0.4 is 9.47 Å². The zero-order chi connectivity index (χ0) is 14.1. The highest BCUT2D eigenvalue weighted by molar-refractivity contribution is 5.43. The van der Waals surface area contributed by atoms with Crippen LogP contribution in [0.4, 0.5) is 0 Å². The Bertz CT molecular complexity index is 612. The van der Waals surface area contributed by atoms with Crippen LogP contribution in [-0.4, -0.2) is 41.4 Å². The van der Waals surface area contributed by atoms with E-state index in [1.54, 1.807) is 0 Å². The first-order valence-corrected chi connectivity index (χ1v) is 7.48. The monoisotopic (exact) mass is 285 g/mol. The maximum atomic E-state index is 5.65. The van der Waals surface area contributed by atoms with Crippen LogP contribution in [0.1, 0.15) is 23.6 Å². The van der Waals surface area contributed by atoms with E-state index in [-0.39, 0.29) is 0 Å². The number of benzene rings is 1. The van der Waals surface area contributed by atoms with Gasteiger partial charge >= 0.3 is 0 Å². The second kappa shape index (κ2) is 5.41. The van der Waals surface area contributed by atoms with E-state index < -0.39 is 0 Å². The maximum absolute atomic E-state index is 5.65. The molecule has 3 heterocycles. The Morgan fingerprint density at radius 3 is 2.95 bits per heavy atom. The lowest BCUT2D eigenvalue weighted by atomic mass is 10.1. The molecule has 0 bridgehead atoms. The van der Waals surface area contributed by atoms with Crippen LogP contribution in [0.15, 0.2) is 30.5 Å². The summed E-state index contributed by atoms with van der Waals surface area (Å²) in [6, 6.07) is 8.35. The second-order valence-corrected chi connectivity index (χ2v) is 5.71. The van der Waals surface area contributed by atoms with Gasteiger partial charge in [-0.3, -0.25) is 10.00 Å². The molecule has 0 radical (unpaired) electrons. The number of hydrogen-bond donors (Lipinski definition) is 1.